The van der Waals surface area contributed by atoms with E-state index in [1.54, 1.807) is 12.1 Å². The van der Waals surface area contributed by atoms with Gasteiger partial charge >= 0.3 is 0 Å². The van der Waals surface area contributed by atoms with Gasteiger partial charge in [0.2, 0.25) is 0 Å². The second kappa shape index (κ2) is 5.97. The molecule has 0 aliphatic rings. The maximum absolute atomic E-state index is 13.1. The molecule has 2 aromatic rings. The summed E-state index contributed by atoms with van der Waals surface area (Å²) in [5.41, 5.74) is 3.02. The standard InChI is InChI=1S/C15H19FN2O/c1-10(7-13-5-4-6-14(16)8-13)17-9-15-11(2)18-19-12(15)3/h4-6,8,10,17H,7,9H2,1-3H3. The lowest BCUT2D eigenvalue weighted by Gasteiger charge is -2.13. The van der Waals surface area contributed by atoms with Crippen LogP contribution in [0.1, 0.15) is 29.5 Å². The summed E-state index contributed by atoms with van der Waals surface area (Å²) in [5.74, 6) is 0.665. The fourth-order valence-electron chi connectivity index (χ4n) is 2.12. The van der Waals surface area contributed by atoms with E-state index in [0.717, 1.165) is 35.5 Å². The van der Waals surface area contributed by atoms with Crippen LogP contribution >= 0.6 is 0 Å². The molecular formula is C15H19FN2O. The number of aryl methyl sites for hydroxylation is 2. The van der Waals surface area contributed by atoms with Gasteiger partial charge in [0, 0.05) is 18.2 Å². The lowest BCUT2D eigenvalue weighted by molar-refractivity contribution is 0.391. The molecule has 0 saturated heterocycles. The number of hydrogen-bond donors (Lipinski definition) is 1. The molecular weight excluding hydrogens is 243 g/mol. The van der Waals surface area contributed by atoms with Gasteiger partial charge in [0.1, 0.15) is 11.6 Å². The molecule has 1 aromatic heterocycles. The third-order valence-corrected chi connectivity index (χ3v) is 3.24. The van der Waals surface area contributed by atoms with E-state index in [0.29, 0.717) is 0 Å². The molecule has 1 N–H and O–H groups in total. The molecule has 3 nitrogen and oxygen atoms in total. The first-order valence-electron chi connectivity index (χ1n) is 6.46. The van der Waals surface area contributed by atoms with E-state index in [4.69, 9.17) is 4.52 Å². The van der Waals surface area contributed by atoms with Crippen LogP contribution in [0.2, 0.25) is 0 Å². The van der Waals surface area contributed by atoms with Gasteiger partial charge in [-0.05, 0) is 44.9 Å². The zero-order chi connectivity index (χ0) is 13.8. The minimum Gasteiger partial charge on any atom is -0.361 e. The highest BCUT2D eigenvalue weighted by Crippen LogP contribution is 2.12. The topological polar surface area (TPSA) is 38.1 Å². The van der Waals surface area contributed by atoms with Crippen molar-refractivity contribution in [1.29, 1.82) is 0 Å². The largest absolute Gasteiger partial charge is 0.361 e. The zero-order valence-electron chi connectivity index (χ0n) is 11.5. The van der Waals surface area contributed by atoms with E-state index in [9.17, 15) is 4.39 Å². The van der Waals surface area contributed by atoms with Gasteiger partial charge < -0.3 is 9.84 Å². The normalized spacial score (nSPS) is 12.6. The molecule has 0 bridgehead atoms. The lowest BCUT2D eigenvalue weighted by atomic mass is 10.1. The molecule has 4 heteroatoms. The summed E-state index contributed by atoms with van der Waals surface area (Å²) >= 11 is 0. The monoisotopic (exact) mass is 262 g/mol. The van der Waals surface area contributed by atoms with Gasteiger partial charge in [0.25, 0.3) is 0 Å². The highest BCUT2D eigenvalue weighted by atomic mass is 19.1. The molecule has 1 atom stereocenters. The van der Waals surface area contributed by atoms with Crippen molar-refractivity contribution in [2.75, 3.05) is 0 Å². The van der Waals surface area contributed by atoms with E-state index >= 15 is 0 Å². The first-order chi connectivity index (χ1) is 9.06. The van der Waals surface area contributed by atoms with Crippen LogP contribution in [0.15, 0.2) is 28.8 Å². The Morgan fingerprint density at radius 3 is 2.79 bits per heavy atom. The Labute approximate surface area is 112 Å². The summed E-state index contributed by atoms with van der Waals surface area (Å²) in [5, 5.41) is 7.34. The SMILES string of the molecule is Cc1noc(C)c1CNC(C)Cc1cccc(F)c1. The van der Waals surface area contributed by atoms with E-state index < -0.39 is 0 Å². The minimum atomic E-state index is -0.185. The number of halogens is 1. The molecule has 0 saturated carbocycles. The molecule has 2 rings (SSSR count). The highest BCUT2D eigenvalue weighted by molar-refractivity contribution is 5.21. The molecule has 0 aliphatic carbocycles. The van der Waals surface area contributed by atoms with Crippen molar-refractivity contribution < 1.29 is 8.91 Å². The van der Waals surface area contributed by atoms with Gasteiger partial charge in [-0.1, -0.05) is 17.3 Å². The fourth-order valence-corrected chi connectivity index (χ4v) is 2.12. The zero-order valence-corrected chi connectivity index (χ0v) is 11.5. The summed E-state index contributed by atoms with van der Waals surface area (Å²) < 4.78 is 18.2. The highest BCUT2D eigenvalue weighted by Gasteiger charge is 2.10. The third kappa shape index (κ3) is 3.64. The fraction of sp³-hybridized carbons (Fsp3) is 0.400. The molecule has 0 radical (unpaired) electrons. The Balaban J connectivity index is 1.90. The minimum absolute atomic E-state index is 0.185. The van der Waals surface area contributed by atoms with E-state index in [1.165, 1.54) is 6.07 Å². The van der Waals surface area contributed by atoms with E-state index in [-0.39, 0.29) is 11.9 Å². The second-order valence-electron chi connectivity index (χ2n) is 4.92. The number of aromatic nitrogens is 1. The van der Waals surface area contributed by atoms with Crippen molar-refractivity contribution in [2.24, 2.45) is 0 Å². The molecule has 1 aromatic carbocycles. The smallest absolute Gasteiger partial charge is 0.138 e. The Morgan fingerprint density at radius 1 is 1.37 bits per heavy atom. The van der Waals surface area contributed by atoms with E-state index in [1.807, 2.05) is 19.9 Å². The molecule has 102 valence electrons. The van der Waals surface area contributed by atoms with Crippen LogP contribution in [-0.4, -0.2) is 11.2 Å². The lowest BCUT2D eigenvalue weighted by Crippen LogP contribution is -2.28. The second-order valence-corrected chi connectivity index (χ2v) is 4.92. The first-order valence-corrected chi connectivity index (χ1v) is 6.46. The molecule has 1 unspecified atom stereocenters. The number of nitrogens with zero attached hydrogens (tertiary/aromatic N) is 1. The van der Waals surface area contributed by atoms with Gasteiger partial charge in [-0.25, -0.2) is 4.39 Å². The average molecular weight is 262 g/mol. The van der Waals surface area contributed by atoms with Gasteiger partial charge in [-0.2, -0.15) is 0 Å². The summed E-state index contributed by atoms with van der Waals surface area (Å²) in [4.78, 5) is 0. The van der Waals surface area contributed by atoms with Crippen LogP contribution in [0.5, 0.6) is 0 Å². The maximum Gasteiger partial charge on any atom is 0.138 e. The summed E-state index contributed by atoms with van der Waals surface area (Å²) in [6.07, 6.45) is 0.793. The van der Waals surface area contributed by atoms with Crippen molar-refractivity contribution in [3.05, 3.63) is 52.7 Å². The Kier molecular flexibility index (Phi) is 4.32. The van der Waals surface area contributed by atoms with Crippen molar-refractivity contribution in [2.45, 2.75) is 39.8 Å². The average Bonchev–Trinajstić information content (AvgIpc) is 2.67. The quantitative estimate of drug-likeness (QED) is 0.899. The molecule has 19 heavy (non-hydrogen) atoms. The first kappa shape index (κ1) is 13.7. The van der Waals surface area contributed by atoms with Gasteiger partial charge in [-0.3, -0.25) is 0 Å². The van der Waals surface area contributed by atoms with Gasteiger partial charge in [0.15, 0.2) is 0 Å². The van der Waals surface area contributed by atoms with Crippen LogP contribution in [0.3, 0.4) is 0 Å². The number of hydrogen-bond acceptors (Lipinski definition) is 3. The van der Waals surface area contributed by atoms with Gasteiger partial charge in [0.05, 0.1) is 5.69 Å². The van der Waals surface area contributed by atoms with Crippen LogP contribution in [0, 0.1) is 19.7 Å². The number of rotatable bonds is 5. The molecule has 0 amide bonds. The van der Waals surface area contributed by atoms with Crippen molar-refractivity contribution in [3.8, 4) is 0 Å². The van der Waals surface area contributed by atoms with Crippen LogP contribution in [0.4, 0.5) is 4.39 Å². The predicted octanol–water partition coefficient (Wildman–Crippen LogP) is 3.15. The molecule has 1 heterocycles. The number of nitrogens with one attached hydrogen (secondary N) is 1. The molecule has 0 fully saturated rings. The molecule has 0 spiro atoms. The Morgan fingerprint density at radius 2 is 2.16 bits per heavy atom. The van der Waals surface area contributed by atoms with Crippen molar-refractivity contribution >= 4 is 0 Å². The summed E-state index contributed by atoms with van der Waals surface area (Å²) in [6.45, 7) is 6.65. The maximum atomic E-state index is 13.1. The number of benzene rings is 1. The predicted molar refractivity (Wildman–Crippen MR) is 72.4 cm³/mol. The van der Waals surface area contributed by atoms with Crippen LogP contribution in [0.25, 0.3) is 0 Å². The van der Waals surface area contributed by atoms with E-state index in [2.05, 4.69) is 17.4 Å². The van der Waals surface area contributed by atoms with Crippen molar-refractivity contribution in [1.82, 2.24) is 10.5 Å². The Hall–Kier alpha value is -1.68. The van der Waals surface area contributed by atoms with Crippen LogP contribution < -0.4 is 5.32 Å². The van der Waals surface area contributed by atoms with Crippen molar-refractivity contribution in [3.63, 3.8) is 0 Å². The van der Waals surface area contributed by atoms with Gasteiger partial charge in [-0.15, -0.1) is 0 Å². The summed E-state index contributed by atoms with van der Waals surface area (Å²) in [6, 6.07) is 6.98. The Bertz CT molecular complexity index is 531. The summed E-state index contributed by atoms with van der Waals surface area (Å²) in [7, 11) is 0. The third-order valence-electron chi connectivity index (χ3n) is 3.24. The van der Waals surface area contributed by atoms with Crippen LogP contribution in [-0.2, 0) is 13.0 Å². The molecule has 0 aliphatic heterocycles.